The molecule has 0 aromatic heterocycles. The zero-order chi connectivity index (χ0) is 17.5. The van der Waals surface area contributed by atoms with E-state index < -0.39 is 18.0 Å². The Hall–Kier alpha value is -3.33. The second-order valence-electron chi connectivity index (χ2n) is 5.15. The number of esters is 1. The highest BCUT2D eigenvalue weighted by atomic mass is 16.5. The number of carbonyl (C=O) groups excluding carboxylic acids is 2. The van der Waals surface area contributed by atoms with Gasteiger partial charge in [0.25, 0.3) is 5.91 Å². The number of carbonyl (C=O) groups is 2. The molecule has 2 aromatic rings. The van der Waals surface area contributed by atoms with E-state index in [4.69, 9.17) is 10.00 Å². The monoisotopic (exact) mass is 324 g/mol. The fourth-order valence-electron chi connectivity index (χ4n) is 1.94. The summed E-state index contributed by atoms with van der Waals surface area (Å²) >= 11 is 0. The third-order valence-corrected chi connectivity index (χ3v) is 3.24. The van der Waals surface area contributed by atoms with Gasteiger partial charge in [0.1, 0.15) is 5.75 Å². The summed E-state index contributed by atoms with van der Waals surface area (Å²) in [4.78, 5) is 23.9. The van der Waals surface area contributed by atoms with E-state index in [1.54, 1.807) is 36.4 Å². The molecule has 24 heavy (non-hydrogen) atoms. The van der Waals surface area contributed by atoms with Crippen molar-refractivity contribution in [3.63, 3.8) is 0 Å². The van der Waals surface area contributed by atoms with Crippen LogP contribution in [0.2, 0.25) is 0 Å². The number of nitriles is 1. The van der Waals surface area contributed by atoms with Crippen molar-refractivity contribution in [2.24, 2.45) is 0 Å². The summed E-state index contributed by atoms with van der Waals surface area (Å²) in [7, 11) is 0. The Bertz CT molecular complexity index is 761. The van der Waals surface area contributed by atoms with Crippen LogP contribution in [0.1, 0.15) is 18.1 Å². The predicted octanol–water partition coefficient (Wildman–Crippen LogP) is 2.38. The van der Waals surface area contributed by atoms with Crippen molar-refractivity contribution in [2.75, 3.05) is 5.32 Å². The first-order valence-electron chi connectivity index (χ1n) is 7.26. The highest BCUT2D eigenvalue weighted by molar-refractivity contribution is 5.95. The molecule has 1 atom stereocenters. The molecule has 2 N–H and O–H groups in total. The molecule has 2 aromatic carbocycles. The number of rotatable bonds is 5. The van der Waals surface area contributed by atoms with Crippen molar-refractivity contribution in [3.05, 3.63) is 59.7 Å². The standard InChI is InChI=1S/C18H16N2O4/c1-12(18(23)20-15-6-2-14(11-19)3-7-15)24-17(22)10-13-4-8-16(21)9-5-13/h2-9,12,21H,10H2,1H3,(H,20,23)/t12-/m0/s1. The number of ether oxygens (including phenoxy) is 1. The van der Waals surface area contributed by atoms with Crippen LogP contribution >= 0.6 is 0 Å². The fraction of sp³-hybridized carbons (Fsp3) is 0.167. The van der Waals surface area contributed by atoms with E-state index in [9.17, 15) is 14.7 Å². The van der Waals surface area contributed by atoms with Gasteiger partial charge in [-0.2, -0.15) is 5.26 Å². The third-order valence-electron chi connectivity index (χ3n) is 3.24. The number of amides is 1. The highest BCUT2D eigenvalue weighted by Crippen LogP contribution is 2.12. The minimum Gasteiger partial charge on any atom is -0.508 e. The molecule has 0 bridgehead atoms. The van der Waals surface area contributed by atoms with Crippen LogP contribution in [0.3, 0.4) is 0 Å². The van der Waals surface area contributed by atoms with Crippen molar-refractivity contribution in [3.8, 4) is 11.8 Å². The third kappa shape index (κ3) is 4.85. The molecule has 0 fully saturated rings. The predicted molar refractivity (Wildman–Crippen MR) is 87.2 cm³/mol. The zero-order valence-corrected chi connectivity index (χ0v) is 13.0. The van der Waals surface area contributed by atoms with Gasteiger partial charge in [-0.1, -0.05) is 12.1 Å². The van der Waals surface area contributed by atoms with Crippen molar-refractivity contribution >= 4 is 17.6 Å². The molecular formula is C18H16N2O4. The first-order chi connectivity index (χ1) is 11.5. The number of nitrogens with one attached hydrogen (secondary N) is 1. The molecule has 0 saturated carbocycles. The Labute approximate surface area is 139 Å². The van der Waals surface area contributed by atoms with Crippen LogP contribution in [0.25, 0.3) is 0 Å². The van der Waals surface area contributed by atoms with Crippen molar-refractivity contribution in [1.29, 1.82) is 5.26 Å². The molecule has 2 rings (SSSR count). The molecule has 122 valence electrons. The molecule has 6 nitrogen and oxygen atoms in total. The number of aromatic hydroxyl groups is 1. The first-order valence-corrected chi connectivity index (χ1v) is 7.26. The molecule has 0 aliphatic carbocycles. The topological polar surface area (TPSA) is 99.4 Å². The summed E-state index contributed by atoms with van der Waals surface area (Å²) in [6.07, 6.45) is -0.945. The Morgan fingerprint density at radius 3 is 2.38 bits per heavy atom. The Balaban J connectivity index is 1.87. The van der Waals surface area contributed by atoms with Crippen LogP contribution in [0.15, 0.2) is 48.5 Å². The van der Waals surface area contributed by atoms with Crippen LogP contribution in [0.4, 0.5) is 5.69 Å². The number of phenolic OH excluding ortho intramolecular Hbond substituents is 1. The van der Waals surface area contributed by atoms with E-state index in [0.29, 0.717) is 16.8 Å². The number of phenols is 1. The van der Waals surface area contributed by atoms with Gasteiger partial charge in [-0.05, 0) is 48.9 Å². The molecule has 0 saturated heterocycles. The summed E-state index contributed by atoms with van der Waals surface area (Å²) in [6.45, 7) is 1.48. The van der Waals surface area contributed by atoms with E-state index in [1.807, 2.05) is 6.07 Å². The highest BCUT2D eigenvalue weighted by Gasteiger charge is 2.18. The van der Waals surface area contributed by atoms with Crippen LogP contribution in [-0.4, -0.2) is 23.1 Å². The SMILES string of the molecule is C[C@H](OC(=O)Cc1ccc(O)cc1)C(=O)Nc1ccc(C#N)cc1. The second-order valence-corrected chi connectivity index (χ2v) is 5.15. The molecule has 0 aliphatic rings. The number of hydrogen-bond acceptors (Lipinski definition) is 5. The van der Waals surface area contributed by atoms with E-state index in [-0.39, 0.29) is 12.2 Å². The normalized spacial score (nSPS) is 11.2. The maximum atomic E-state index is 12.0. The van der Waals surface area contributed by atoms with Gasteiger partial charge in [-0.3, -0.25) is 9.59 Å². The minimum absolute atomic E-state index is 0.00870. The minimum atomic E-state index is -0.953. The first kappa shape index (κ1) is 17.0. The number of nitrogens with zero attached hydrogens (tertiary/aromatic N) is 1. The van der Waals surface area contributed by atoms with Crippen molar-refractivity contribution < 1.29 is 19.4 Å². The lowest BCUT2D eigenvalue weighted by Gasteiger charge is -2.13. The van der Waals surface area contributed by atoms with E-state index in [2.05, 4.69) is 5.32 Å². The van der Waals surface area contributed by atoms with Crippen LogP contribution in [0, 0.1) is 11.3 Å². The quantitative estimate of drug-likeness (QED) is 0.823. The molecule has 1 amide bonds. The number of benzene rings is 2. The van der Waals surface area contributed by atoms with Gasteiger partial charge in [0.05, 0.1) is 18.1 Å². The summed E-state index contributed by atoms with van der Waals surface area (Å²) in [6, 6.07) is 14.5. The molecule has 6 heteroatoms. The molecular weight excluding hydrogens is 308 g/mol. The van der Waals surface area contributed by atoms with Crippen molar-refractivity contribution in [2.45, 2.75) is 19.4 Å². The zero-order valence-electron chi connectivity index (χ0n) is 13.0. The fourth-order valence-corrected chi connectivity index (χ4v) is 1.94. The van der Waals surface area contributed by atoms with Gasteiger partial charge in [0.2, 0.25) is 0 Å². The molecule has 0 heterocycles. The maximum Gasteiger partial charge on any atom is 0.311 e. The Morgan fingerprint density at radius 2 is 1.79 bits per heavy atom. The van der Waals surface area contributed by atoms with Crippen LogP contribution in [-0.2, 0) is 20.7 Å². The van der Waals surface area contributed by atoms with Gasteiger partial charge in [0.15, 0.2) is 6.10 Å². The lowest BCUT2D eigenvalue weighted by atomic mass is 10.1. The van der Waals surface area contributed by atoms with Crippen LogP contribution < -0.4 is 5.32 Å². The lowest BCUT2D eigenvalue weighted by Crippen LogP contribution is -2.30. The molecule has 0 spiro atoms. The molecule has 0 unspecified atom stereocenters. The summed E-state index contributed by atoms with van der Waals surface area (Å²) in [5.41, 5.74) is 1.68. The molecule has 0 radical (unpaired) electrons. The summed E-state index contributed by atoms with van der Waals surface area (Å²) in [5.74, 6) is -0.885. The van der Waals surface area contributed by atoms with Crippen molar-refractivity contribution in [1.82, 2.24) is 0 Å². The number of hydrogen-bond donors (Lipinski definition) is 2. The van der Waals surface area contributed by atoms with Gasteiger partial charge >= 0.3 is 5.97 Å². The maximum absolute atomic E-state index is 12.0. The average Bonchev–Trinajstić information content (AvgIpc) is 2.57. The summed E-state index contributed by atoms with van der Waals surface area (Å²) in [5, 5.41) is 20.5. The lowest BCUT2D eigenvalue weighted by molar-refractivity contribution is -0.152. The summed E-state index contributed by atoms with van der Waals surface area (Å²) < 4.78 is 5.10. The van der Waals surface area contributed by atoms with Gasteiger partial charge in [-0.25, -0.2) is 0 Å². The molecule has 0 aliphatic heterocycles. The van der Waals surface area contributed by atoms with E-state index in [0.717, 1.165) is 0 Å². The van der Waals surface area contributed by atoms with Gasteiger partial charge in [0, 0.05) is 5.69 Å². The Kier molecular flexibility index (Phi) is 5.53. The average molecular weight is 324 g/mol. The Morgan fingerprint density at radius 1 is 1.17 bits per heavy atom. The van der Waals surface area contributed by atoms with Gasteiger partial charge in [-0.15, -0.1) is 0 Å². The number of anilines is 1. The van der Waals surface area contributed by atoms with Crippen LogP contribution in [0.5, 0.6) is 5.75 Å². The van der Waals surface area contributed by atoms with Gasteiger partial charge < -0.3 is 15.2 Å². The smallest absolute Gasteiger partial charge is 0.311 e. The van der Waals surface area contributed by atoms with E-state index >= 15 is 0 Å². The van der Waals surface area contributed by atoms with E-state index in [1.165, 1.54) is 19.1 Å². The largest absolute Gasteiger partial charge is 0.508 e. The second kappa shape index (κ2) is 7.79.